The van der Waals surface area contributed by atoms with E-state index < -0.39 is 36.7 Å². The number of carboxylic acids is 1. The highest BCUT2D eigenvalue weighted by Crippen LogP contribution is 2.28. The molecule has 1 aromatic rings. The first-order valence-electron chi connectivity index (χ1n) is 12.3. The third-order valence-corrected chi connectivity index (χ3v) is 4.91. The van der Waals surface area contributed by atoms with Crippen molar-refractivity contribution in [2.75, 3.05) is 20.2 Å². The summed E-state index contributed by atoms with van der Waals surface area (Å²) in [6, 6.07) is 5.00. The molecule has 0 aromatic heterocycles. The summed E-state index contributed by atoms with van der Waals surface area (Å²) in [5.41, 5.74) is 1.34. The molecular formula is C25H42N2O10. The first-order valence-corrected chi connectivity index (χ1v) is 12.3. The molecule has 0 aliphatic carbocycles. The highest BCUT2D eigenvalue weighted by atomic mass is 16.7. The molecule has 1 amide bonds. The summed E-state index contributed by atoms with van der Waals surface area (Å²) in [7, 11) is 1.54. The summed E-state index contributed by atoms with van der Waals surface area (Å²) >= 11 is 0. The number of hydrogen-bond acceptors (Lipinski definition) is 10. The average Bonchev–Trinajstić information content (AvgIpc) is 2.90. The van der Waals surface area contributed by atoms with E-state index >= 15 is 0 Å². The van der Waals surface area contributed by atoms with Crippen molar-refractivity contribution in [2.24, 2.45) is 0 Å². The van der Waals surface area contributed by atoms with Crippen LogP contribution in [0.25, 0.3) is 0 Å². The van der Waals surface area contributed by atoms with Gasteiger partial charge in [0.2, 0.25) is 12.2 Å². The van der Waals surface area contributed by atoms with Crippen molar-refractivity contribution in [3.63, 3.8) is 0 Å². The van der Waals surface area contributed by atoms with Crippen molar-refractivity contribution in [3.8, 4) is 5.75 Å². The standard InChI is InChI=1S/C20H30N2O9.C3H6O.C2H6/c1-3-21-7-6-14(23)22-9-12-8-11(10-29-2)4-5-13(12)30-20-17(26)15(24)16(25)18(31-20)19(27)28;1-2-3-4;1-2/h4-5,8,15-18,20-21,24-26H,3,6-7,9-10H2,1-2H3,(H,22,23)(H,27,28);3H,2H2,1H3;1-2H3. The third kappa shape index (κ3) is 12.0. The van der Waals surface area contributed by atoms with Crippen LogP contribution in [0.5, 0.6) is 5.75 Å². The lowest BCUT2D eigenvalue weighted by Crippen LogP contribution is -2.61. The normalized spacial score (nSPS) is 22.4. The molecule has 0 spiro atoms. The van der Waals surface area contributed by atoms with E-state index in [0.717, 1.165) is 18.4 Å². The number of carbonyl (C=O) groups excluding carboxylic acids is 2. The van der Waals surface area contributed by atoms with Gasteiger partial charge in [0.15, 0.2) is 6.10 Å². The molecule has 2 rings (SSSR count). The van der Waals surface area contributed by atoms with Crippen molar-refractivity contribution in [2.45, 2.75) is 84.4 Å². The Hall–Kier alpha value is -2.61. The van der Waals surface area contributed by atoms with E-state index in [-0.39, 0.29) is 24.6 Å². The number of aliphatic hydroxyl groups is 3. The Balaban J connectivity index is 0.00000196. The van der Waals surface area contributed by atoms with Gasteiger partial charge in [-0.2, -0.15) is 0 Å². The molecule has 0 bridgehead atoms. The second-order valence-corrected chi connectivity index (χ2v) is 7.68. The van der Waals surface area contributed by atoms with Crippen LogP contribution in [0.4, 0.5) is 0 Å². The van der Waals surface area contributed by atoms with Gasteiger partial charge in [-0.25, -0.2) is 4.79 Å². The first kappa shape index (κ1) is 34.4. The van der Waals surface area contributed by atoms with Crippen LogP contribution in [0.1, 0.15) is 51.7 Å². The zero-order chi connectivity index (χ0) is 28.4. The van der Waals surface area contributed by atoms with Crippen molar-refractivity contribution in [1.29, 1.82) is 0 Å². The summed E-state index contributed by atoms with van der Waals surface area (Å²) in [5.74, 6) is -1.47. The van der Waals surface area contributed by atoms with Crippen molar-refractivity contribution in [1.82, 2.24) is 10.6 Å². The van der Waals surface area contributed by atoms with Crippen LogP contribution in [0, 0.1) is 0 Å². The fourth-order valence-electron chi connectivity index (χ4n) is 3.08. The van der Waals surface area contributed by atoms with E-state index in [1.165, 1.54) is 7.11 Å². The number of amides is 1. The van der Waals surface area contributed by atoms with Gasteiger partial charge in [-0.15, -0.1) is 0 Å². The predicted octanol–water partition coefficient (Wildman–Crippen LogP) is 0.341. The summed E-state index contributed by atoms with van der Waals surface area (Å²) < 4.78 is 15.9. The molecule has 0 saturated carbocycles. The number of carboxylic acid groups (broad SMARTS) is 1. The number of carbonyl (C=O) groups is 3. The fraction of sp³-hybridized carbons (Fsp3) is 0.640. The van der Waals surface area contributed by atoms with E-state index in [1.807, 2.05) is 27.7 Å². The minimum Gasteiger partial charge on any atom is -0.479 e. The first-order chi connectivity index (χ1) is 17.7. The second kappa shape index (κ2) is 19.5. The number of rotatable bonds is 12. The predicted molar refractivity (Wildman–Crippen MR) is 135 cm³/mol. The molecule has 1 aromatic carbocycles. The SMILES string of the molecule is CC.CCC=O.CCNCCC(=O)NCc1cc(COC)ccc1OC1OC(C(=O)O)C(O)C(O)C1O. The molecular weight excluding hydrogens is 488 g/mol. The van der Waals surface area contributed by atoms with Crippen LogP contribution in [-0.2, 0) is 37.0 Å². The van der Waals surface area contributed by atoms with Crippen molar-refractivity contribution >= 4 is 18.2 Å². The number of aliphatic carboxylic acids is 1. The average molecular weight is 531 g/mol. The number of benzene rings is 1. The molecule has 212 valence electrons. The summed E-state index contributed by atoms with van der Waals surface area (Å²) in [6.45, 7) is 9.47. The number of aliphatic hydroxyl groups excluding tert-OH is 3. The zero-order valence-electron chi connectivity index (χ0n) is 22.2. The van der Waals surface area contributed by atoms with Gasteiger partial charge in [-0.1, -0.05) is 33.8 Å². The summed E-state index contributed by atoms with van der Waals surface area (Å²) in [5, 5.41) is 45.0. The van der Waals surface area contributed by atoms with Crippen LogP contribution >= 0.6 is 0 Å². The molecule has 5 unspecified atom stereocenters. The van der Waals surface area contributed by atoms with Crippen molar-refractivity contribution in [3.05, 3.63) is 29.3 Å². The minimum atomic E-state index is -1.81. The van der Waals surface area contributed by atoms with Gasteiger partial charge in [0.1, 0.15) is 30.3 Å². The molecule has 5 atom stereocenters. The highest BCUT2D eigenvalue weighted by molar-refractivity contribution is 5.76. The maximum atomic E-state index is 12.0. The van der Waals surface area contributed by atoms with Gasteiger partial charge in [0, 0.05) is 38.6 Å². The van der Waals surface area contributed by atoms with Gasteiger partial charge in [-0.3, -0.25) is 4.79 Å². The zero-order valence-corrected chi connectivity index (χ0v) is 22.2. The van der Waals surface area contributed by atoms with Crippen molar-refractivity contribution < 1.29 is 49.0 Å². The van der Waals surface area contributed by atoms with Crippen LogP contribution < -0.4 is 15.4 Å². The fourth-order valence-corrected chi connectivity index (χ4v) is 3.08. The number of aldehydes is 1. The smallest absolute Gasteiger partial charge is 0.335 e. The number of methoxy groups -OCH3 is 1. The van der Waals surface area contributed by atoms with Gasteiger partial charge in [0.05, 0.1) is 6.61 Å². The molecule has 0 radical (unpaired) electrons. The largest absolute Gasteiger partial charge is 0.479 e. The molecule has 1 aliphatic rings. The molecule has 1 saturated heterocycles. The number of hydrogen-bond donors (Lipinski definition) is 6. The molecule has 37 heavy (non-hydrogen) atoms. The van der Waals surface area contributed by atoms with E-state index in [0.29, 0.717) is 25.1 Å². The Bertz CT molecular complexity index is 808. The van der Waals surface area contributed by atoms with Gasteiger partial charge >= 0.3 is 5.97 Å². The molecule has 1 heterocycles. The lowest BCUT2D eigenvalue weighted by Gasteiger charge is -2.38. The maximum Gasteiger partial charge on any atom is 0.335 e. The Labute approximate surface area is 217 Å². The Morgan fingerprint density at radius 2 is 1.76 bits per heavy atom. The summed E-state index contributed by atoms with van der Waals surface area (Å²) in [4.78, 5) is 32.5. The van der Waals surface area contributed by atoms with Crippen LogP contribution in [-0.4, -0.2) is 89.5 Å². The van der Waals surface area contributed by atoms with Gasteiger partial charge in [-0.05, 0) is 24.2 Å². The monoisotopic (exact) mass is 530 g/mol. The lowest BCUT2D eigenvalue weighted by molar-refractivity contribution is -0.271. The lowest BCUT2D eigenvalue weighted by atomic mass is 9.99. The molecule has 6 N–H and O–H groups in total. The summed E-state index contributed by atoms with van der Waals surface area (Å²) in [6.07, 6.45) is -6.79. The Kier molecular flexibility index (Phi) is 18.1. The number of ether oxygens (including phenoxy) is 3. The number of nitrogens with one attached hydrogen (secondary N) is 2. The Morgan fingerprint density at radius 3 is 2.30 bits per heavy atom. The van der Waals surface area contributed by atoms with Gasteiger partial charge < -0.3 is 50.1 Å². The van der Waals surface area contributed by atoms with Crippen LogP contribution in [0.3, 0.4) is 0 Å². The van der Waals surface area contributed by atoms with Crippen LogP contribution in [0.2, 0.25) is 0 Å². The van der Waals surface area contributed by atoms with Gasteiger partial charge in [0.25, 0.3) is 0 Å². The van der Waals surface area contributed by atoms with E-state index in [4.69, 9.17) is 14.2 Å². The third-order valence-electron chi connectivity index (χ3n) is 4.91. The molecule has 12 nitrogen and oxygen atoms in total. The maximum absolute atomic E-state index is 12.0. The van der Waals surface area contributed by atoms with E-state index in [2.05, 4.69) is 10.6 Å². The topological polar surface area (TPSA) is 184 Å². The van der Waals surface area contributed by atoms with E-state index in [1.54, 1.807) is 18.2 Å². The molecule has 1 fully saturated rings. The second-order valence-electron chi connectivity index (χ2n) is 7.68. The van der Waals surface area contributed by atoms with Crippen LogP contribution in [0.15, 0.2) is 18.2 Å². The minimum absolute atomic E-state index is 0.105. The molecule has 1 aliphatic heterocycles. The highest BCUT2D eigenvalue weighted by Gasteiger charge is 2.48. The Morgan fingerprint density at radius 1 is 1.11 bits per heavy atom. The van der Waals surface area contributed by atoms with E-state index in [9.17, 15) is 34.8 Å². The quantitative estimate of drug-likeness (QED) is 0.162. The molecule has 12 heteroatoms.